The van der Waals surface area contributed by atoms with Gasteiger partial charge in [0.25, 0.3) is 5.91 Å². The summed E-state index contributed by atoms with van der Waals surface area (Å²) in [6.45, 7) is 2.61. The molecule has 0 spiro atoms. The number of benzene rings is 1. The van der Waals surface area contributed by atoms with Crippen molar-refractivity contribution in [3.8, 4) is 0 Å². The molecule has 0 saturated heterocycles. The van der Waals surface area contributed by atoms with Gasteiger partial charge in [-0.2, -0.15) is 0 Å². The van der Waals surface area contributed by atoms with E-state index in [1.807, 2.05) is 11.8 Å². The Kier molecular flexibility index (Phi) is 5.03. The number of hydrogen-bond acceptors (Lipinski definition) is 5. The van der Waals surface area contributed by atoms with Crippen LogP contribution in [0.5, 0.6) is 0 Å². The molecule has 0 aliphatic heterocycles. The Balaban J connectivity index is 1.89. The van der Waals surface area contributed by atoms with E-state index >= 15 is 0 Å². The van der Waals surface area contributed by atoms with Crippen LogP contribution in [0.1, 0.15) is 51.1 Å². The first kappa shape index (κ1) is 17.4. The van der Waals surface area contributed by atoms with Crippen LogP contribution in [0.3, 0.4) is 0 Å². The predicted molar refractivity (Wildman–Crippen MR) is 97.1 cm³/mol. The molecule has 1 aromatic carbocycles. The quantitative estimate of drug-likeness (QED) is 0.856. The lowest BCUT2D eigenvalue weighted by Gasteiger charge is -2.34. The molecule has 1 unspecified atom stereocenters. The zero-order chi connectivity index (χ0) is 18.0. The molecule has 0 saturated carbocycles. The number of amides is 1. The van der Waals surface area contributed by atoms with E-state index in [0.717, 1.165) is 36.3 Å². The van der Waals surface area contributed by atoms with Gasteiger partial charge in [-0.05, 0) is 31.4 Å². The van der Waals surface area contributed by atoms with Crippen LogP contribution in [0.2, 0.25) is 0 Å². The lowest BCUT2D eigenvalue weighted by molar-refractivity contribution is 0.0633. The molecule has 25 heavy (non-hydrogen) atoms. The Morgan fingerprint density at radius 1 is 1.36 bits per heavy atom. The van der Waals surface area contributed by atoms with Gasteiger partial charge in [0.2, 0.25) is 0 Å². The first-order valence-electron chi connectivity index (χ1n) is 8.38. The third kappa shape index (κ3) is 3.51. The van der Waals surface area contributed by atoms with Crippen molar-refractivity contribution in [3.63, 3.8) is 0 Å². The van der Waals surface area contributed by atoms with Crippen molar-refractivity contribution < 1.29 is 14.7 Å². The van der Waals surface area contributed by atoms with Crippen molar-refractivity contribution in [3.05, 3.63) is 46.0 Å². The van der Waals surface area contributed by atoms with Crippen molar-refractivity contribution in [2.75, 3.05) is 12.3 Å². The SMILES string of the molecule is CCCN(C(=O)c1ccccc1C(=O)O)C1CCc2nc(N)sc2C1. The molecule has 0 fully saturated rings. The Morgan fingerprint density at radius 3 is 2.76 bits per heavy atom. The highest BCUT2D eigenvalue weighted by atomic mass is 32.1. The van der Waals surface area contributed by atoms with Crippen molar-refractivity contribution in [1.29, 1.82) is 0 Å². The average Bonchev–Trinajstić information content (AvgIpc) is 2.98. The maximum Gasteiger partial charge on any atom is 0.336 e. The predicted octanol–water partition coefficient (Wildman–Crippen LogP) is 2.83. The first-order chi connectivity index (χ1) is 12.0. The van der Waals surface area contributed by atoms with Crippen LogP contribution in [-0.4, -0.2) is 39.5 Å². The van der Waals surface area contributed by atoms with Crippen LogP contribution in [-0.2, 0) is 12.8 Å². The van der Waals surface area contributed by atoms with Gasteiger partial charge in [-0.3, -0.25) is 4.79 Å². The molecule has 1 amide bonds. The molecule has 1 aromatic heterocycles. The summed E-state index contributed by atoms with van der Waals surface area (Å²) < 4.78 is 0. The van der Waals surface area contributed by atoms with Crippen molar-refractivity contribution in [2.45, 2.75) is 38.6 Å². The molecule has 1 atom stereocenters. The van der Waals surface area contributed by atoms with E-state index in [1.165, 1.54) is 17.4 Å². The molecule has 132 valence electrons. The number of aromatic nitrogens is 1. The van der Waals surface area contributed by atoms with Gasteiger partial charge in [0, 0.05) is 23.9 Å². The Morgan fingerprint density at radius 2 is 2.08 bits per heavy atom. The minimum atomic E-state index is -1.08. The molecular weight excluding hydrogens is 338 g/mol. The van der Waals surface area contributed by atoms with Crippen LogP contribution in [0.4, 0.5) is 5.13 Å². The van der Waals surface area contributed by atoms with E-state index in [9.17, 15) is 14.7 Å². The maximum absolute atomic E-state index is 13.1. The van der Waals surface area contributed by atoms with Gasteiger partial charge in [0.1, 0.15) is 0 Å². The zero-order valence-electron chi connectivity index (χ0n) is 14.1. The van der Waals surface area contributed by atoms with Gasteiger partial charge in [-0.15, -0.1) is 11.3 Å². The number of nitrogens with zero attached hydrogens (tertiary/aromatic N) is 2. The summed E-state index contributed by atoms with van der Waals surface area (Å²) in [5, 5.41) is 9.94. The lowest BCUT2D eigenvalue weighted by Crippen LogP contribution is -2.44. The Bertz CT molecular complexity index is 803. The van der Waals surface area contributed by atoms with E-state index in [1.54, 1.807) is 18.2 Å². The Labute approximate surface area is 150 Å². The number of rotatable bonds is 5. The van der Waals surface area contributed by atoms with E-state index in [0.29, 0.717) is 11.7 Å². The first-order valence-corrected chi connectivity index (χ1v) is 9.20. The second-order valence-corrected chi connectivity index (χ2v) is 7.28. The van der Waals surface area contributed by atoms with Crippen LogP contribution in [0.25, 0.3) is 0 Å². The summed E-state index contributed by atoms with van der Waals surface area (Å²) in [4.78, 5) is 31.9. The van der Waals surface area contributed by atoms with E-state index in [-0.39, 0.29) is 23.1 Å². The number of aromatic carboxylic acids is 1. The van der Waals surface area contributed by atoms with Crippen molar-refractivity contribution in [2.24, 2.45) is 0 Å². The smallest absolute Gasteiger partial charge is 0.336 e. The number of anilines is 1. The summed E-state index contributed by atoms with van der Waals surface area (Å²) in [6, 6.07) is 6.45. The highest BCUT2D eigenvalue weighted by molar-refractivity contribution is 7.15. The fourth-order valence-electron chi connectivity index (χ4n) is 3.35. The number of carboxylic acid groups (broad SMARTS) is 1. The molecule has 3 N–H and O–H groups in total. The summed E-state index contributed by atoms with van der Waals surface area (Å²) in [6.07, 6.45) is 3.15. The minimum Gasteiger partial charge on any atom is -0.478 e. The van der Waals surface area contributed by atoms with E-state index < -0.39 is 5.97 Å². The van der Waals surface area contributed by atoms with Crippen LogP contribution in [0.15, 0.2) is 24.3 Å². The number of aryl methyl sites for hydroxylation is 1. The molecule has 2 aromatic rings. The van der Waals surface area contributed by atoms with Gasteiger partial charge in [-0.25, -0.2) is 9.78 Å². The number of nitrogens with two attached hydrogens (primary N) is 1. The maximum atomic E-state index is 13.1. The number of fused-ring (bicyclic) bond motifs is 1. The monoisotopic (exact) mass is 359 g/mol. The second kappa shape index (κ2) is 7.23. The normalized spacial score (nSPS) is 16.3. The van der Waals surface area contributed by atoms with Crippen LogP contribution >= 0.6 is 11.3 Å². The molecule has 6 nitrogen and oxygen atoms in total. The van der Waals surface area contributed by atoms with Gasteiger partial charge in [-0.1, -0.05) is 19.1 Å². The fraction of sp³-hybridized carbons (Fsp3) is 0.389. The van der Waals surface area contributed by atoms with Gasteiger partial charge in [0.15, 0.2) is 5.13 Å². The van der Waals surface area contributed by atoms with E-state index in [4.69, 9.17) is 5.73 Å². The number of carbonyl (C=O) groups is 2. The molecule has 1 heterocycles. The number of carboxylic acids is 1. The third-order valence-corrected chi connectivity index (χ3v) is 5.43. The molecule has 3 rings (SSSR count). The molecule has 1 aliphatic carbocycles. The Hall–Kier alpha value is -2.41. The molecule has 0 radical (unpaired) electrons. The molecule has 1 aliphatic rings. The van der Waals surface area contributed by atoms with Crippen molar-refractivity contribution in [1.82, 2.24) is 9.88 Å². The molecule has 0 bridgehead atoms. The van der Waals surface area contributed by atoms with E-state index in [2.05, 4.69) is 4.98 Å². The largest absolute Gasteiger partial charge is 0.478 e. The summed E-state index contributed by atoms with van der Waals surface area (Å²) in [5.41, 5.74) is 7.14. The minimum absolute atomic E-state index is 0.0432. The fourth-order valence-corrected chi connectivity index (χ4v) is 4.29. The summed E-state index contributed by atoms with van der Waals surface area (Å²) >= 11 is 1.48. The third-order valence-electron chi connectivity index (χ3n) is 4.48. The molecule has 7 heteroatoms. The number of nitrogen functional groups attached to an aromatic ring is 1. The molecular formula is C18H21N3O3S. The van der Waals surface area contributed by atoms with Gasteiger partial charge < -0.3 is 15.7 Å². The average molecular weight is 359 g/mol. The zero-order valence-corrected chi connectivity index (χ0v) is 14.9. The highest BCUT2D eigenvalue weighted by Crippen LogP contribution is 2.31. The topological polar surface area (TPSA) is 96.5 Å². The van der Waals surface area contributed by atoms with Crippen molar-refractivity contribution >= 4 is 28.3 Å². The second-order valence-electron chi connectivity index (χ2n) is 6.17. The lowest BCUT2D eigenvalue weighted by atomic mass is 9.95. The van der Waals surface area contributed by atoms with Gasteiger partial charge >= 0.3 is 5.97 Å². The number of hydrogen-bond donors (Lipinski definition) is 2. The number of thiazole rings is 1. The summed E-state index contributed by atoms with van der Waals surface area (Å²) in [5.74, 6) is -1.30. The van der Waals surface area contributed by atoms with Crippen LogP contribution < -0.4 is 5.73 Å². The number of carbonyl (C=O) groups excluding carboxylic acids is 1. The summed E-state index contributed by atoms with van der Waals surface area (Å²) in [7, 11) is 0. The van der Waals surface area contributed by atoms with Gasteiger partial charge in [0.05, 0.1) is 16.8 Å². The standard InChI is InChI=1S/C18H21N3O3S/c1-2-9-21(11-7-8-14-15(10-11)25-18(19)20-14)16(22)12-5-3-4-6-13(12)17(23)24/h3-6,11H,2,7-10H2,1H3,(H2,19,20)(H,23,24). The highest BCUT2D eigenvalue weighted by Gasteiger charge is 2.31. The van der Waals surface area contributed by atoms with Crippen LogP contribution in [0, 0.1) is 0 Å².